The lowest BCUT2D eigenvalue weighted by atomic mass is 9.91. The average molecular weight is 419 g/mol. The standard InChI is InChI=1S/C28H19ClN2/c1-2-4-16-7-11-20-23(13-16)21-12-9-17-5-3-6-24-26(17)27(21)31-25(20)14-18-8-10-19(29)15-22(18)28(31)30-24/h3,5-15H,2,4H2,1H3. The Balaban J connectivity index is 1.80. The van der Waals surface area contributed by atoms with E-state index >= 15 is 0 Å². The Bertz CT molecular complexity index is 1670. The van der Waals surface area contributed by atoms with E-state index in [1.807, 2.05) is 12.1 Å². The highest BCUT2D eigenvalue weighted by Crippen LogP contribution is 2.53. The van der Waals surface area contributed by atoms with Gasteiger partial charge >= 0.3 is 0 Å². The molecule has 0 bridgehead atoms. The van der Waals surface area contributed by atoms with Crippen LogP contribution in [-0.2, 0) is 6.42 Å². The zero-order valence-corrected chi connectivity index (χ0v) is 17.9. The van der Waals surface area contributed by atoms with Crippen LogP contribution in [0.4, 0.5) is 17.2 Å². The number of halogens is 1. The molecule has 0 fully saturated rings. The van der Waals surface area contributed by atoms with Crippen molar-refractivity contribution in [3.05, 3.63) is 83.4 Å². The maximum absolute atomic E-state index is 6.40. The highest BCUT2D eigenvalue weighted by Gasteiger charge is 2.30. The second-order valence-corrected chi connectivity index (χ2v) is 8.94. The lowest BCUT2D eigenvalue weighted by molar-refractivity contribution is 0.924. The summed E-state index contributed by atoms with van der Waals surface area (Å²) in [4.78, 5) is 7.51. The molecule has 0 aliphatic carbocycles. The molecule has 4 aromatic carbocycles. The zero-order chi connectivity index (χ0) is 20.7. The Hall–Kier alpha value is -3.36. The first-order valence-corrected chi connectivity index (χ1v) is 11.2. The minimum Gasteiger partial charge on any atom is -0.293 e. The molecule has 3 aliphatic heterocycles. The summed E-state index contributed by atoms with van der Waals surface area (Å²) in [5.74, 6) is 0.964. The lowest BCUT2D eigenvalue weighted by Crippen LogP contribution is -2.18. The van der Waals surface area contributed by atoms with Gasteiger partial charge in [0, 0.05) is 26.6 Å². The fraction of sp³-hybridized carbons (Fsp3) is 0.107. The van der Waals surface area contributed by atoms with Crippen molar-refractivity contribution in [1.29, 1.82) is 0 Å². The SMILES string of the molecule is CCCc1ccc2c3cc4ccc(Cl)cc4c4nc5cccc6ccc(c(c65)N43)c2c1. The highest BCUT2D eigenvalue weighted by molar-refractivity contribution is 6.32. The van der Waals surface area contributed by atoms with E-state index in [-0.39, 0.29) is 0 Å². The van der Waals surface area contributed by atoms with E-state index in [2.05, 4.69) is 72.5 Å². The number of aryl methyl sites for hydroxylation is 1. The maximum atomic E-state index is 6.40. The van der Waals surface area contributed by atoms with E-state index < -0.39 is 0 Å². The molecule has 2 nitrogen and oxygen atoms in total. The van der Waals surface area contributed by atoms with Crippen LogP contribution < -0.4 is 4.90 Å². The van der Waals surface area contributed by atoms with Crippen molar-refractivity contribution in [1.82, 2.24) is 4.98 Å². The van der Waals surface area contributed by atoms with E-state index in [1.165, 1.54) is 43.9 Å². The van der Waals surface area contributed by atoms with Gasteiger partial charge in [-0.15, -0.1) is 0 Å². The largest absolute Gasteiger partial charge is 0.293 e. The molecule has 3 heteroatoms. The van der Waals surface area contributed by atoms with Crippen molar-refractivity contribution in [2.24, 2.45) is 0 Å². The van der Waals surface area contributed by atoms with Crippen molar-refractivity contribution in [2.45, 2.75) is 19.8 Å². The minimum absolute atomic E-state index is 0.734. The van der Waals surface area contributed by atoms with Crippen molar-refractivity contribution >= 4 is 72.0 Å². The number of fused-ring (bicyclic) bond motifs is 5. The van der Waals surface area contributed by atoms with Gasteiger partial charge in [0.1, 0.15) is 5.82 Å². The molecule has 0 saturated heterocycles. The number of rotatable bonds is 2. The van der Waals surface area contributed by atoms with Crippen LogP contribution in [0.3, 0.4) is 0 Å². The van der Waals surface area contributed by atoms with Crippen LogP contribution in [-0.4, -0.2) is 4.98 Å². The second kappa shape index (κ2) is 6.09. The van der Waals surface area contributed by atoms with Gasteiger partial charge in [0.25, 0.3) is 0 Å². The van der Waals surface area contributed by atoms with Crippen LogP contribution in [0.2, 0.25) is 5.02 Å². The van der Waals surface area contributed by atoms with Crippen molar-refractivity contribution in [3.63, 3.8) is 0 Å². The Morgan fingerprint density at radius 2 is 1.68 bits per heavy atom. The molecule has 31 heavy (non-hydrogen) atoms. The molecule has 0 amide bonds. The molecule has 148 valence electrons. The molecule has 4 aromatic rings. The van der Waals surface area contributed by atoms with E-state index in [9.17, 15) is 0 Å². The minimum atomic E-state index is 0.734. The predicted molar refractivity (Wildman–Crippen MR) is 133 cm³/mol. The number of benzene rings is 4. The molecule has 0 radical (unpaired) electrons. The molecule has 0 unspecified atom stereocenters. The summed E-state index contributed by atoms with van der Waals surface area (Å²) in [5, 5.41) is 9.29. The predicted octanol–water partition coefficient (Wildman–Crippen LogP) is 8.52. The van der Waals surface area contributed by atoms with Gasteiger partial charge in [-0.2, -0.15) is 0 Å². The van der Waals surface area contributed by atoms with Gasteiger partial charge in [-0.05, 0) is 52.4 Å². The Labute approximate surface area is 185 Å². The molecule has 0 aromatic heterocycles. The summed E-state index contributed by atoms with van der Waals surface area (Å²) in [6.07, 6.45) is 2.24. The molecular weight excluding hydrogens is 400 g/mol. The first-order chi connectivity index (χ1) is 15.2. The van der Waals surface area contributed by atoms with Gasteiger partial charge < -0.3 is 0 Å². The monoisotopic (exact) mass is 418 g/mol. The van der Waals surface area contributed by atoms with Crippen LogP contribution in [0.1, 0.15) is 18.9 Å². The maximum Gasteiger partial charge on any atom is 0.146 e. The van der Waals surface area contributed by atoms with Crippen LogP contribution in [0.15, 0.2) is 72.8 Å². The molecule has 0 saturated carbocycles. The van der Waals surface area contributed by atoms with Gasteiger partial charge in [0.2, 0.25) is 0 Å². The van der Waals surface area contributed by atoms with E-state index in [4.69, 9.17) is 16.6 Å². The molecule has 0 N–H and O–H groups in total. The number of hydrogen-bond acceptors (Lipinski definition) is 2. The molecule has 0 spiro atoms. The summed E-state index contributed by atoms with van der Waals surface area (Å²) in [6.45, 7) is 2.24. The summed E-state index contributed by atoms with van der Waals surface area (Å²) in [5.41, 5.74) is 4.86. The summed E-state index contributed by atoms with van der Waals surface area (Å²) >= 11 is 6.40. The fourth-order valence-corrected chi connectivity index (χ4v) is 5.48. The highest BCUT2D eigenvalue weighted by atomic mass is 35.5. The first kappa shape index (κ1) is 17.3. The van der Waals surface area contributed by atoms with Crippen molar-refractivity contribution in [2.75, 3.05) is 4.90 Å². The zero-order valence-electron chi connectivity index (χ0n) is 17.1. The summed E-state index contributed by atoms with van der Waals surface area (Å²) in [7, 11) is 0. The molecule has 7 rings (SSSR count). The van der Waals surface area contributed by atoms with Gasteiger partial charge in [0.05, 0.1) is 16.9 Å². The number of aromatic nitrogens is 1. The molecule has 3 heterocycles. The quantitative estimate of drug-likeness (QED) is 0.279. The van der Waals surface area contributed by atoms with Crippen molar-refractivity contribution in [3.8, 4) is 0 Å². The van der Waals surface area contributed by atoms with E-state index in [0.717, 1.165) is 40.0 Å². The second-order valence-electron chi connectivity index (χ2n) is 8.50. The Kier molecular flexibility index (Phi) is 3.40. The third kappa shape index (κ3) is 2.26. The number of hydrogen-bond donors (Lipinski definition) is 0. The third-order valence-corrected chi connectivity index (χ3v) is 6.87. The van der Waals surface area contributed by atoms with Gasteiger partial charge in [-0.1, -0.05) is 73.5 Å². The normalized spacial score (nSPS) is 13.0. The summed E-state index contributed by atoms with van der Waals surface area (Å²) in [6, 6.07) is 26.3. The van der Waals surface area contributed by atoms with Crippen LogP contribution in [0.5, 0.6) is 0 Å². The van der Waals surface area contributed by atoms with E-state index in [1.54, 1.807) is 0 Å². The van der Waals surface area contributed by atoms with Gasteiger partial charge in [-0.3, -0.25) is 4.90 Å². The van der Waals surface area contributed by atoms with Crippen molar-refractivity contribution < 1.29 is 0 Å². The molecule has 3 aliphatic rings. The first-order valence-electron chi connectivity index (χ1n) is 10.8. The third-order valence-electron chi connectivity index (χ3n) is 6.64. The average Bonchev–Trinajstić information content (AvgIpc) is 2.79. The molecular formula is C28H19ClN2. The van der Waals surface area contributed by atoms with Crippen LogP contribution in [0.25, 0.3) is 43.2 Å². The number of anilines is 3. The Morgan fingerprint density at radius 1 is 0.806 bits per heavy atom. The van der Waals surface area contributed by atoms with E-state index in [0.29, 0.717) is 0 Å². The lowest BCUT2D eigenvalue weighted by Gasteiger charge is -2.35. The number of nitrogens with zero attached hydrogens (tertiary/aromatic N) is 2. The Morgan fingerprint density at radius 3 is 2.58 bits per heavy atom. The fourth-order valence-electron chi connectivity index (χ4n) is 5.31. The summed E-state index contributed by atoms with van der Waals surface area (Å²) < 4.78 is 0. The van der Waals surface area contributed by atoms with Crippen LogP contribution in [0, 0.1) is 0 Å². The molecule has 0 atom stereocenters. The van der Waals surface area contributed by atoms with Crippen LogP contribution >= 0.6 is 11.6 Å². The smallest absolute Gasteiger partial charge is 0.146 e. The van der Waals surface area contributed by atoms with Gasteiger partial charge in [0.15, 0.2) is 0 Å². The van der Waals surface area contributed by atoms with Gasteiger partial charge in [-0.25, -0.2) is 4.98 Å². The topological polar surface area (TPSA) is 16.1 Å².